The Morgan fingerprint density at radius 2 is 1.66 bits per heavy atom. The summed E-state index contributed by atoms with van der Waals surface area (Å²) in [4.78, 5) is 13.5. The molecule has 0 aliphatic carbocycles. The summed E-state index contributed by atoms with van der Waals surface area (Å²) in [5.74, 6) is 0.975. The van der Waals surface area contributed by atoms with Crippen LogP contribution in [0.2, 0.25) is 0 Å². The predicted molar refractivity (Wildman–Crippen MR) is 104 cm³/mol. The number of amides is 1. The van der Waals surface area contributed by atoms with Gasteiger partial charge in [-0.1, -0.05) is 0 Å². The number of anilines is 1. The molecule has 0 aliphatic rings. The largest absolute Gasteiger partial charge is 0.493 e. The van der Waals surface area contributed by atoms with E-state index in [-0.39, 0.29) is 5.91 Å². The van der Waals surface area contributed by atoms with Crippen LogP contribution in [0.1, 0.15) is 23.6 Å². The molecular weight excluding hydrogens is 385 g/mol. The number of hydrogen-bond donors (Lipinski definition) is 2. The minimum atomic E-state index is -4.41. The predicted octanol–water partition coefficient (Wildman–Crippen LogP) is 3.07. The zero-order valence-electron chi connectivity index (χ0n) is 17.1. The van der Waals surface area contributed by atoms with Crippen LogP contribution in [0.5, 0.6) is 11.5 Å². The number of benzene rings is 2. The molecule has 1 amide bonds. The van der Waals surface area contributed by atoms with Gasteiger partial charge in [-0.05, 0) is 55.8 Å². The van der Waals surface area contributed by atoms with E-state index in [2.05, 4.69) is 5.32 Å². The van der Waals surface area contributed by atoms with Gasteiger partial charge in [0.25, 0.3) is 5.91 Å². The van der Waals surface area contributed by atoms with Crippen LogP contribution in [-0.4, -0.2) is 33.2 Å². The number of carbonyl (C=O) groups excluding carboxylic acids is 1. The summed E-state index contributed by atoms with van der Waals surface area (Å²) in [6, 6.07) is 7.74. The van der Waals surface area contributed by atoms with Gasteiger partial charge in [-0.15, -0.1) is 0 Å². The molecule has 0 radical (unpaired) electrons. The van der Waals surface area contributed by atoms with Gasteiger partial charge in [0.2, 0.25) is 0 Å². The fraction of sp³-hybridized carbons (Fsp3) is 0.381. The molecule has 0 heterocycles. The third-order valence-corrected chi connectivity index (χ3v) is 4.92. The van der Waals surface area contributed by atoms with Crippen molar-refractivity contribution < 1.29 is 32.3 Å². The van der Waals surface area contributed by atoms with Gasteiger partial charge in [-0.3, -0.25) is 4.79 Å². The average Bonchev–Trinajstić information content (AvgIpc) is 2.68. The molecule has 29 heavy (non-hydrogen) atoms. The SMILES string of the molecule is COc1cc(C)c(C[NH+](C)[C@H](C)C(=O)Nc2ccc(C(F)(F)F)cc2)cc1OC. The van der Waals surface area contributed by atoms with Crippen molar-refractivity contribution in [3.05, 3.63) is 53.1 Å². The highest BCUT2D eigenvalue weighted by molar-refractivity contribution is 5.93. The number of aryl methyl sites for hydroxylation is 1. The molecule has 0 saturated heterocycles. The van der Waals surface area contributed by atoms with Crippen LogP contribution in [0.3, 0.4) is 0 Å². The Morgan fingerprint density at radius 1 is 1.10 bits per heavy atom. The maximum absolute atomic E-state index is 12.7. The summed E-state index contributed by atoms with van der Waals surface area (Å²) in [5.41, 5.74) is 1.59. The lowest BCUT2D eigenvalue weighted by molar-refractivity contribution is -0.907. The van der Waals surface area contributed by atoms with Gasteiger partial charge >= 0.3 is 6.18 Å². The van der Waals surface area contributed by atoms with E-state index in [0.717, 1.165) is 28.2 Å². The number of hydrogen-bond acceptors (Lipinski definition) is 3. The van der Waals surface area contributed by atoms with E-state index < -0.39 is 17.8 Å². The minimum Gasteiger partial charge on any atom is -0.493 e. The Balaban J connectivity index is 2.06. The topological polar surface area (TPSA) is 52.0 Å². The second-order valence-electron chi connectivity index (χ2n) is 6.94. The van der Waals surface area contributed by atoms with Crippen molar-refractivity contribution in [2.24, 2.45) is 0 Å². The summed E-state index contributed by atoms with van der Waals surface area (Å²) >= 11 is 0. The van der Waals surface area contributed by atoms with E-state index in [1.54, 1.807) is 21.1 Å². The van der Waals surface area contributed by atoms with E-state index in [1.807, 2.05) is 26.1 Å². The highest BCUT2D eigenvalue weighted by atomic mass is 19.4. The first-order valence-electron chi connectivity index (χ1n) is 9.08. The van der Waals surface area contributed by atoms with Crippen molar-refractivity contribution in [1.29, 1.82) is 0 Å². The van der Waals surface area contributed by atoms with Gasteiger partial charge in [-0.2, -0.15) is 13.2 Å². The molecule has 5 nitrogen and oxygen atoms in total. The lowest BCUT2D eigenvalue weighted by atomic mass is 10.1. The van der Waals surface area contributed by atoms with E-state index in [9.17, 15) is 18.0 Å². The van der Waals surface area contributed by atoms with Gasteiger partial charge in [0, 0.05) is 11.3 Å². The van der Waals surface area contributed by atoms with E-state index in [0.29, 0.717) is 23.7 Å². The summed E-state index contributed by atoms with van der Waals surface area (Å²) < 4.78 is 48.6. The van der Waals surface area contributed by atoms with Gasteiger partial charge in [-0.25, -0.2) is 0 Å². The summed E-state index contributed by atoms with van der Waals surface area (Å²) in [5, 5.41) is 2.67. The molecule has 0 spiro atoms. The quantitative estimate of drug-likeness (QED) is 0.736. The first kappa shape index (κ1) is 22.5. The number of ether oxygens (including phenoxy) is 2. The Labute approximate surface area is 168 Å². The Hall–Kier alpha value is -2.74. The molecule has 2 atom stereocenters. The number of alkyl halides is 3. The second-order valence-corrected chi connectivity index (χ2v) is 6.94. The molecule has 0 saturated carbocycles. The van der Waals surface area contributed by atoms with Crippen molar-refractivity contribution in [2.75, 3.05) is 26.6 Å². The Bertz CT molecular complexity index is 851. The number of rotatable bonds is 7. The lowest BCUT2D eigenvalue weighted by Crippen LogP contribution is -3.12. The molecule has 0 bridgehead atoms. The minimum absolute atomic E-state index is 0.277. The van der Waals surface area contributed by atoms with Crippen molar-refractivity contribution in [3.63, 3.8) is 0 Å². The zero-order chi connectivity index (χ0) is 21.8. The molecule has 0 aromatic heterocycles. The molecule has 0 aliphatic heterocycles. The second kappa shape index (κ2) is 9.17. The number of methoxy groups -OCH3 is 2. The van der Waals surface area contributed by atoms with Crippen LogP contribution < -0.4 is 19.7 Å². The van der Waals surface area contributed by atoms with Gasteiger partial charge in [0.05, 0.1) is 26.8 Å². The van der Waals surface area contributed by atoms with E-state index in [4.69, 9.17) is 9.47 Å². The molecule has 2 aromatic carbocycles. The summed E-state index contributed by atoms with van der Waals surface area (Å²) in [6.45, 7) is 4.29. The van der Waals surface area contributed by atoms with E-state index >= 15 is 0 Å². The van der Waals surface area contributed by atoms with Crippen LogP contribution in [0, 0.1) is 6.92 Å². The zero-order valence-corrected chi connectivity index (χ0v) is 17.1. The Kier molecular flexibility index (Phi) is 7.13. The Morgan fingerprint density at radius 3 is 2.17 bits per heavy atom. The van der Waals surface area contributed by atoms with Crippen molar-refractivity contribution in [3.8, 4) is 11.5 Å². The number of carbonyl (C=O) groups is 1. The number of likely N-dealkylation sites (N-methyl/N-ethyl adjacent to an activating group) is 1. The molecule has 158 valence electrons. The molecule has 2 rings (SSSR count). The highest BCUT2D eigenvalue weighted by Gasteiger charge is 2.30. The average molecular weight is 411 g/mol. The van der Waals surface area contributed by atoms with Gasteiger partial charge in [0.15, 0.2) is 17.5 Å². The highest BCUT2D eigenvalue weighted by Crippen LogP contribution is 2.30. The first-order chi connectivity index (χ1) is 13.6. The molecule has 0 fully saturated rings. The molecule has 1 unspecified atom stereocenters. The van der Waals surface area contributed by atoms with Crippen molar-refractivity contribution in [2.45, 2.75) is 32.6 Å². The normalized spacial score (nSPS) is 13.5. The van der Waals surface area contributed by atoms with Gasteiger partial charge in [0.1, 0.15) is 6.54 Å². The number of quaternary nitrogens is 1. The van der Waals surface area contributed by atoms with E-state index in [1.165, 1.54) is 12.1 Å². The van der Waals surface area contributed by atoms with Crippen LogP contribution in [0.4, 0.5) is 18.9 Å². The first-order valence-corrected chi connectivity index (χ1v) is 9.08. The molecule has 2 N–H and O–H groups in total. The van der Waals surface area contributed by atoms with Gasteiger partial charge < -0.3 is 19.7 Å². The van der Waals surface area contributed by atoms with Crippen LogP contribution >= 0.6 is 0 Å². The standard InChI is InChI=1S/C21H25F3N2O3/c1-13-10-18(28-4)19(29-5)11-15(13)12-26(3)14(2)20(27)25-17-8-6-16(7-9-17)21(22,23)24/h6-11,14H,12H2,1-5H3,(H,25,27)/p+1/t14-/m1/s1. The molecule has 8 heteroatoms. The smallest absolute Gasteiger partial charge is 0.416 e. The molecular formula is C21H26F3N2O3+. The maximum atomic E-state index is 12.7. The molecule has 2 aromatic rings. The summed E-state index contributed by atoms with van der Waals surface area (Å²) in [6.07, 6.45) is -4.41. The monoisotopic (exact) mass is 411 g/mol. The van der Waals surface area contributed by atoms with Crippen LogP contribution in [0.25, 0.3) is 0 Å². The third-order valence-electron chi connectivity index (χ3n) is 4.92. The number of nitrogens with one attached hydrogen (secondary N) is 2. The van der Waals surface area contributed by atoms with Crippen LogP contribution in [0.15, 0.2) is 36.4 Å². The number of halogens is 3. The third kappa shape index (κ3) is 5.63. The van der Waals surface area contributed by atoms with Crippen molar-refractivity contribution in [1.82, 2.24) is 0 Å². The summed E-state index contributed by atoms with van der Waals surface area (Å²) in [7, 11) is 5.02. The fourth-order valence-corrected chi connectivity index (χ4v) is 2.88. The van der Waals surface area contributed by atoms with Crippen LogP contribution in [-0.2, 0) is 17.5 Å². The lowest BCUT2D eigenvalue weighted by Gasteiger charge is -2.22. The fourth-order valence-electron chi connectivity index (χ4n) is 2.88. The maximum Gasteiger partial charge on any atom is 0.416 e. The van der Waals surface area contributed by atoms with Crippen molar-refractivity contribution >= 4 is 11.6 Å².